The van der Waals surface area contributed by atoms with Crippen LogP contribution in [0.25, 0.3) is 0 Å². The summed E-state index contributed by atoms with van der Waals surface area (Å²) in [7, 11) is 0. The van der Waals surface area contributed by atoms with E-state index in [4.69, 9.17) is 0 Å². The van der Waals surface area contributed by atoms with Gasteiger partial charge in [-0.25, -0.2) is 0 Å². The second kappa shape index (κ2) is 9.21. The second-order valence-corrected chi connectivity index (χ2v) is 6.95. The summed E-state index contributed by atoms with van der Waals surface area (Å²) in [5.41, 5.74) is 3.80. The largest absolute Gasteiger partial charge is 0.371 e. The molecule has 2 aromatic carbocycles. The van der Waals surface area contributed by atoms with Crippen LogP contribution in [0.1, 0.15) is 40.7 Å². The molecule has 2 N–H and O–H groups in total. The van der Waals surface area contributed by atoms with E-state index in [0.29, 0.717) is 12.1 Å². The summed E-state index contributed by atoms with van der Waals surface area (Å²) in [5.74, 6) is -0.414. The van der Waals surface area contributed by atoms with Crippen LogP contribution in [0.2, 0.25) is 0 Å². The summed E-state index contributed by atoms with van der Waals surface area (Å²) in [6.07, 6.45) is 3.72. The van der Waals surface area contributed by atoms with Crippen LogP contribution in [-0.2, 0) is 11.3 Å². The van der Waals surface area contributed by atoms with Gasteiger partial charge in [0.05, 0.1) is 6.54 Å². The van der Waals surface area contributed by atoms with Crippen molar-refractivity contribution in [2.24, 2.45) is 0 Å². The molecule has 0 radical (unpaired) electrons. The first-order chi connectivity index (χ1) is 13.1. The highest BCUT2D eigenvalue weighted by molar-refractivity contribution is 5.97. The Kier molecular flexibility index (Phi) is 6.47. The zero-order valence-electron chi connectivity index (χ0n) is 15.8. The zero-order valence-corrected chi connectivity index (χ0v) is 15.8. The van der Waals surface area contributed by atoms with E-state index in [-0.39, 0.29) is 18.4 Å². The van der Waals surface area contributed by atoms with Gasteiger partial charge in [-0.3, -0.25) is 9.59 Å². The molecule has 0 saturated carbocycles. The standard InChI is InChI=1S/C22H27N3O2/c1-17-9-3-5-11-19(17)22(27)24-16-21(26)23-15-18-10-4-6-12-20(18)25-13-7-2-8-14-25/h3-6,9-12H,2,7-8,13-16H2,1H3,(H,23,26)(H,24,27). The van der Waals surface area contributed by atoms with Crippen LogP contribution >= 0.6 is 0 Å². The minimum Gasteiger partial charge on any atom is -0.371 e. The Balaban J connectivity index is 1.52. The predicted octanol–water partition coefficient (Wildman–Crippen LogP) is 3.03. The number of carbonyl (C=O) groups is 2. The van der Waals surface area contributed by atoms with E-state index in [1.165, 1.54) is 24.9 Å². The summed E-state index contributed by atoms with van der Waals surface area (Å²) in [6.45, 7) is 4.45. The SMILES string of the molecule is Cc1ccccc1C(=O)NCC(=O)NCc1ccccc1N1CCCCC1. The van der Waals surface area contributed by atoms with Gasteiger partial charge in [0.2, 0.25) is 5.91 Å². The fourth-order valence-corrected chi connectivity index (χ4v) is 3.44. The van der Waals surface area contributed by atoms with Gasteiger partial charge in [-0.15, -0.1) is 0 Å². The molecule has 1 saturated heterocycles. The number of benzene rings is 2. The zero-order chi connectivity index (χ0) is 19.1. The van der Waals surface area contributed by atoms with Crippen molar-refractivity contribution in [1.82, 2.24) is 10.6 Å². The van der Waals surface area contributed by atoms with Crippen molar-refractivity contribution < 1.29 is 9.59 Å². The molecule has 1 aliphatic heterocycles. The third-order valence-electron chi connectivity index (χ3n) is 4.96. The van der Waals surface area contributed by atoms with Gasteiger partial charge in [0.15, 0.2) is 0 Å². The molecule has 2 amide bonds. The summed E-state index contributed by atoms with van der Waals surface area (Å²) >= 11 is 0. The minimum absolute atomic E-state index is 0.0287. The van der Waals surface area contributed by atoms with Crippen LogP contribution in [0.5, 0.6) is 0 Å². The van der Waals surface area contributed by atoms with Crippen molar-refractivity contribution >= 4 is 17.5 Å². The van der Waals surface area contributed by atoms with Crippen molar-refractivity contribution in [3.63, 3.8) is 0 Å². The van der Waals surface area contributed by atoms with Gasteiger partial charge in [0.25, 0.3) is 5.91 Å². The van der Waals surface area contributed by atoms with Crippen LogP contribution < -0.4 is 15.5 Å². The maximum atomic E-state index is 12.2. The Hall–Kier alpha value is -2.82. The molecule has 0 bridgehead atoms. The topological polar surface area (TPSA) is 61.4 Å². The number of carbonyl (C=O) groups excluding carboxylic acids is 2. The molecule has 142 valence electrons. The molecule has 0 spiro atoms. The number of piperidine rings is 1. The molecule has 2 aromatic rings. The molecule has 5 heteroatoms. The Bertz CT molecular complexity index is 798. The number of hydrogen-bond acceptors (Lipinski definition) is 3. The van der Waals surface area contributed by atoms with Crippen molar-refractivity contribution in [3.05, 3.63) is 65.2 Å². The van der Waals surface area contributed by atoms with E-state index in [1.54, 1.807) is 6.07 Å². The monoisotopic (exact) mass is 365 g/mol. The third kappa shape index (κ3) is 5.09. The van der Waals surface area contributed by atoms with Crippen molar-refractivity contribution in [2.75, 3.05) is 24.5 Å². The van der Waals surface area contributed by atoms with E-state index < -0.39 is 0 Å². The van der Waals surface area contributed by atoms with E-state index >= 15 is 0 Å². The van der Waals surface area contributed by atoms with Crippen LogP contribution in [0, 0.1) is 6.92 Å². The maximum absolute atomic E-state index is 12.2. The predicted molar refractivity (Wildman–Crippen MR) is 108 cm³/mol. The van der Waals surface area contributed by atoms with E-state index in [1.807, 2.05) is 37.3 Å². The number of aryl methyl sites for hydroxylation is 1. The van der Waals surface area contributed by atoms with E-state index in [0.717, 1.165) is 24.2 Å². The molecule has 0 aliphatic carbocycles. The minimum atomic E-state index is -0.225. The molecule has 0 aromatic heterocycles. The maximum Gasteiger partial charge on any atom is 0.251 e. The highest BCUT2D eigenvalue weighted by atomic mass is 16.2. The normalized spacial score (nSPS) is 13.9. The molecular formula is C22H27N3O2. The Morgan fingerprint density at radius 2 is 1.63 bits per heavy atom. The van der Waals surface area contributed by atoms with Gasteiger partial charge in [-0.2, -0.15) is 0 Å². The summed E-state index contributed by atoms with van der Waals surface area (Å²) in [5, 5.41) is 5.61. The number of para-hydroxylation sites is 1. The fraction of sp³-hybridized carbons (Fsp3) is 0.364. The first-order valence-electron chi connectivity index (χ1n) is 9.58. The first-order valence-corrected chi connectivity index (χ1v) is 9.58. The lowest BCUT2D eigenvalue weighted by Crippen LogP contribution is -2.37. The number of hydrogen-bond donors (Lipinski definition) is 2. The van der Waals surface area contributed by atoms with Crippen molar-refractivity contribution in [2.45, 2.75) is 32.7 Å². The summed E-state index contributed by atoms with van der Waals surface area (Å²) < 4.78 is 0. The molecule has 0 atom stereocenters. The quantitative estimate of drug-likeness (QED) is 0.827. The molecular weight excluding hydrogens is 338 g/mol. The summed E-state index contributed by atoms with van der Waals surface area (Å²) in [6, 6.07) is 15.6. The third-order valence-corrected chi connectivity index (χ3v) is 4.96. The van der Waals surface area contributed by atoms with Gasteiger partial charge in [-0.1, -0.05) is 36.4 Å². The Morgan fingerprint density at radius 3 is 2.41 bits per heavy atom. The Labute approximate surface area is 160 Å². The molecule has 27 heavy (non-hydrogen) atoms. The molecule has 1 heterocycles. The van der Waals surface area contributed by atoms with Crippen LogP contribution in [-0.4, -0.2) is 31.4 Å². The average molecular weight is 365 g/mol. The Morgan fingerprint density at radius 1 is 0.926 bits per heavy atom. The van der Waals surface area contributed by atoms with Crippen LogP contribution in [0.15, 0.2) is 48.5 Å². The lowest BCUT2D eigenvalue weighted by molar-refractivity contribution is -0.120. The molecule has 5 nitrogen and oxygen atoms in total. The second-order valence-electron chi connectivity index (χ2n) is 6.95. The number of nitrogens with zero attached hydrogens (tertiary/aromatic N) is 1. The molecule has 1 fully saturated rings. The highest BCUT2D eigenvalue weighted by Gasteiger charge is 2.15. The highest BCUT2D eigenvalue weighted by Crippen LogP contribution is 2.23. The van der Waals surface area contributed by atoms with Gasteiger partial charge in [0, 0.05) is 30.9 Å². The van der Waals surface area contributed by atoms with Gasteiger partial charge >= 0.3 is 0 Å². The van der Waals surface area contributed by atoms with Crippen LogP contribution in [0.3, 0.4) is 0 Å². The smallest absolute Gasteiger partial charge is 0.251 e. The van der Waals surface area contributed by atoms with Gasteiger partial charge < -0.3 is 15.5 Å². The molecule has 3 rings (SSSR count). The fourth-order valence-electron chi connectivity index (χ4n) is 3.44. The van der Waals surface area contributed by atoms with Crippen LogP contribution in [0.4, 0.5) is 5.69 Å². The lowest BCUT2D eigenvalue weighted by Gasteiger charge is -2.30. The summed E-state index contributed by atoms with van der Waals surface area (Å²) in [4.78, 5) is 26.8. The van der Waals surface area contributed by atoms with Crippen molar-refractivity contribution in [3.8, 4) is 0 Å². The van der Waals surface area contributed by atoms with Gasteiger partial charge in [0.1, 0.15) is 0 Å². The van der Waals surface area contributed by atoms with E-state index in [2.05, 4.69) is 27.7 Å². The number of anilines is 1. The van der Waals surface area contributed by atoms with E-state index in [9.17, 15) is 9.59 Å². The lowest BCUT2D eigenvalue weighted by atomic mass is 10.1. The average Bonchev–Trinajstić information content (AvgIpc) is 2.71. The van der Waals surface area contributed by atoms with Crippen molar-refractivity contribution in [1.29, 1.82) is 0 Å². The number of rotatable bonds is 6. The number of amides is 2. The first kappa shape index (κ1) is 19.0. The number of nitrogens with one attached hydrogen (secondary N) is 2. The van der Waals surface area contributed by atoms with Gasteiger partial charge in [-0.05, 0) is 49.4 Å². The molecule has 0 unspecified atom stereocenters. The molecule has 1 aliphatic rings.